The fraction of sp³-hybridized carbons (Fsp3) is 0.417. The summed E-state index contributed by atoms with van der Waals surface area (Å²) in [6.07, 6.45) is 0. The number of hydrogen-bond acceptors (Lipinski definition) is 4. The lowest BCUT2D eigenvalue weighted by Gasteiger charge is -2.06. The van der Waals surface area contributed by atoms with E-state index in [-0.39, 0.29) is 6.61 Å². The third-order valence-electron chi connectivity index (χ3n) is 2.16. The fourth-order valence-electron chi connectivity index (χ4n) is 1.29. The predicted molar refractivity (Wildman–Crippen MR) is 64.7 cm³/mol. The average molecular weight is 238 g/mol. The van der Waals surface area contributed by atoms with Crippen molar-refractivity contribution in [2.45, 2.75) is 6.54 Å². The van der Waals surface area contributed by atoms with Gasteiger partial charge < -0.3 is 20.5 Å². The van der Waals surface area contributed by atoms with E-state index in [1.165, 1.54) is 5.56 Å². The molecule has 1 aromatic carbocycles. The van der Waals surface area contributed by atoms with E-state index in [0.29, 0.717) is 13.2 Å². The molecule has 0 aromatic heterocycles. The SMILES string of the molecule is COc1ccc(CNCCOCC(N)=O)cc1. The molecule has 17 heavy (non-hydrogen) atoms. The molecule has 0 atom stereocenters. The zero-order chi connectivity index (χ0) is 12.5. The Labute approximate surface area is 101 Å². The summed E-state index contributed by atoms with van der Waals surface area (Å²) < 4.78 is 10.1. The summed E-state index contributed by atoms with van der Waals surface area (Å²) in [5, 5.41) is 3.19. The topological polar surface area (TPSA) is 73.6 Å². The minimum atomic E-state index is -0.444. The lowest BCUT2D eigenvalue weighted by atomic mass is 10.2. The molecule has 0 aliphatic rings. The van der Waals surface area contributed by atoms with Crippen LogP contribution in [0.1, 0.15) is 5.56 Å². The smallest absolute Gasteiger partial charge is 0.243 e. The molecule has 0 bridgehead atoms. The Hall–Kier alpha value is -1.59. The maximum absolute atomic E-state index is 10.4. The normalized spacial score (nSPS) is 10.2. The Morgan fingerprint density at radius 3 is 2.65 bits per heavy atom. The summed E-state index contributed by atoms with van der Waals surface area (Å²) in [5.74, 6) is 0.402. The molecule has 1 amide bonds. The maximum Gasteiger partial charge on any atom is 0.243 e. The third kappa shape index (κ3) is 5.89. The van der Waals surface area contributed by atoms with Crippen molar-refractivity contribution >= 4 is 5.91 Å². The van der Waals surface area contributed by atoms with Gasteiger partial charge in [0.15, 0.2) is 0 Å². The van der Waals surface area contributed by atoms with Crippen LogP contribution in [0.2, 0.25) is 0 Å². The average Bonchev–Trinajstić information content (AvgIpc) is 2.34. The first-order chi connectivity index (χ1) is 8.22. The van der Waals surface area contributed by atoms with Gasteiger partial charge in [0, 0.05) is 13.1 Å². The lowest BCUT2D eigenvalue weighted by Crippen LogP contribution is -2.23. The van der Waals surface area contributed by atoms with Crippen molar-refractivity contribution in [3.05, 3.63) is 29.8 Å². The van der Waals surface area contributed by atoms with E-state index < -0.39 is 5.91 Å². The van der Waals surface area contributed by atoms with Gasteiger partial charge in [0.1, 0.15) is 12.4 Å². The van der Waals surface area contributed by atoms with Crippen LogP contribution in [-0.2, 0) is 16.1 Å². The highest BCUT2D eigenvalue weighted by Crippen LogP contribution is 2.10. The van der Waals surface area contributed by atoms with Crippen LogP contribution in [0.15, 0.2) is 24.3 Å². The largest absolute Gasteiger partial charge is 0.497 e. The second kappa shape index (κ2) is 7.65. The molecule has 3 N–H and O–H groups in total. The number of nitrogens with one attached hydrogen (secondary N) is 1. The van der Waals surface area contributed by atoms with E-state index in [0.717, 1.165) is 12.3 Å². The predicted octanol–water partition coefficient (Wildman–Crippen LogP) is 0.287. The van der Waals surface area contributed by atoms with Crippen LogP contribution >= 0.6 is 0 Å². The fourth-order valence-corrected chi connectivity index (χ4v) is 1.29. The highest BCUT2D eigenvalue weighted by molar-refractivity contribution is 5.74. The number of amides is 1. The van der Waals surface area contributed by atoms with Gasteiger partial charge in [-0.2, -0.15) is 0 Å². The molecule has 0 heterocycles. The number of carbonyl (C=O) groups is 1. The molecular weight excluding hydrogens is 220 g/mol. The number of benzene rings is 1. The van der Waals surface area contributed by atoms with Gasteiger partial charge in [-0.15, -0.1) is 0 Å². The van der Waals surface area contributed by atoms with Crippen LogP contribution in [0.4, 0.5) is 0 Å². The maximum atomic E-state index is 10.4. The van der Waals surface area contributed by atoms with E-state index in [2.05, 4.69) is 5.32 Å². The monoisotopic (exact) mass is 238 g/mol. The van der Waals surface area contributed by atoms with Gasteiger partial charge in [-0.25, -0.2) is 0 Å². The first-order valence-corrected chi connectivity index (χ1v) is 5.42. The van der Waals surface area contributed by atoms with Crippen molar-refractivity contribution in [1.82, 2.24) is 5.32 Å². The number of methoxy groups -OCH3 is 1. The Bertz CT molecular complexity index is 338. The molecule has 1 rings (SSSR count). The molecule has 5 nitrogen and oxygen atoms in total. The molecule has 0 unspecified atom stereocenters. The zero-order valence-corrected chi connectivity index (χ0v) is 9.94. The van der Waals surface area contributed by atoms with Crippen LogP contribution in [0.3, 0.4) is 0 Å². The zero-order valence-electron chi connectivity index (χ0n) is 9.94. The molecule has 0 aliphatic heterocycles. The number of ether oxygens (including phenoxy) is 2. The summed E-state index contributed by atoms with van der Waals surface area (Å²) >= 11 is 0. The van der Waals surface area contributed by atoms with Crippen LogP contribution in [0.5, 0.6) is 5.75 Å². The highest BCUT2D eigenvalue weighted by Gasteiger charge is 1.95. The van der Waals surface area contributed by atoms with Crippen molar-refractivity contribution in [3.8, 4) is 5.75 Å². The number of nitrogens with two attached hydrogens (primary N) is 1. The highest BCUT2D eigenvalue weighted by atomic mass is 16.5. The molecule has 0 saturated heterocycles. The summed E-state index contributed by atoms with van der Waals surface area (Å²) in [6.45, 7) is 1.88. The molecule has 5 heteroatoms. The van der Waals surface area contributed by atoms with Crippen molar-refractivity contribution in [2.75, 3.05) is 26.9 Å². The Balaban J connectivity index is 2.11. The quantitative estimate of drug-likeness (QED) is 0.638. The molecule has 0 saturated carbocycles. The number of hydrogen-bond donors (Lipinski definition) is 2. The number of primary amides is 1. The second-order valence-electron chi connectivity index (χ2n) is 3.54. The number of carbonyl (C=O) groups excluding carboxylic acids is 1. The van der Waals surface area contributed by atoms with Crippen LogP contribution in [0, 0.1) is 0 Å². The summed E-state index contributed by atoms with van der Waals surface area (Å²) in [7, 11) is 1.64. The number of rotatable bonds is 8. The molecule has 0 aliphatic carbocycles. The van der Waals surface area contributed by atoms with Gasteiger partial charge >= 0.3 is 0 Å². The Kier molecular flexibility index (Phi) is 6.06. The van der Waals surface area contributed by atoms with Gasteiger partial charge in [-0.1, -0.05) is 12.1 Å². The van der Waals surface area contributed by atoms with Crippen LogP contribution < -0.4 is 15.8 Å². The van der Waals surface area contributed by atoms with Gasteiger partial charge in [-0.05, 0) is 17.7 Å². The first-order valence-electron chi connectivity index (χ1n) is 5.42. The Morgan fingerprint density at radius 1 is 1.35 bits per heavy atom. The van der Waals surface area contributed by atoms with Crippen molar-refractivity contribution in [1.29, 1.82) is 0 Å². The van der Waals surface area contributed by atoms with Crippen LogP contribution in [-0.4, -0.2) is 32.8 Å². The second-order valence-corrected chi connectivity index (χ2v) is 3.54. The lowest BCUT2D eigenvalue weighted by molar-refractivity contribution is -0.122. The molecule has 94 valence electrons. The van der Waals surface area contributed by atoms with Crippen molar-refractivity contribution < 1.29 is 14.3 Å². The van der Waals surface area contributed by atoms with Gasteiger partial charge in [0.05, 0.1) is 13.7 Å². The first kappa shape index (κ1) is 13.5. The minimum Gasteiger partial charge on any atom is -0.497 e. The van der Waals surface area contributed by atoms with Crippen molar-refractivity contribution in [3.63, 3.8) is 0 Å². The minimum absolute atomic E-state index is 0.0236. The molecule has 0 spiro atoms. The van der Waals surface area contributed by atoms with E-state index >= 15 is 0 Å². The van der Waals surface area contributed by atoms with E-state index in [1.807, 2.05) is 24.3 Å². The van der Waals surface area contributed by atoms with E-state index in [1.54, 1.807) is 7.11 Å². The van der Waals surface area contributed by atoms with Gasteiger partial charge in [-0.3, -0.25) is 4.79 Å². The molecular formula is C12H18N2O3. The Morgan fingerprint density at radius 2 is 2.06 bits per heavy atom. The standard InChI is InChI=1S/C12H18N2O3/c1-16-11-4-2-10(3-5-11)8-14-6-7-17-9-12(13)15/h2-5,14H,6-9H2,1H3,(H2,13,15). The van der Waals surface area contributed by atoms with Gasteiger partial charge in [0.2, 0.25) is 5.91 Å². The molecule has 0 fully saturated rings. The van der Waals surface area contributed by atoms with E-state index in [9.17, 15) is 4.79 Å². The van der Waals surface area contributed by atoms with Crippen molar-refractivity contribution in [2.24, 2.45) is 5.73 Å². The molecule has 0 radical (unpaired) electrons. The summed E-state index contributed by atoms with van der Waals surface area (Å²) in [6, 6.07) is 7.83. The third-order valence-corrected chi connectivity index (χ3v) is 2.16. The molecule has 1 aromatic rings. The summed E-state index contributed by atoms with van der Waals surface area (Å²) in [4.78, 5) is 10.4. The van der Waals surface area contributed by atoms with Gasteiger partial charge in [0.25, 0.3) is 0 Å². The summed E-state index contributed by atoms with van der Waals surface area (Å²) in [5.41, 5.74) is 6.10. The van der Waals surface area contributed by atoms with E-state index in [4.69, 9.17) is 15.2 Å². The van der Waals surface area contributed by atoms with Crippen LogP contribution in [0.25, 0.3) is 0 Å².